The molecule has 1 amide bonds. The summed E-state index contributed by atoms with van der Waals surface area (Å²) in [6, 6.07) is 23.0. The third kappa shape index (κ3) is 4.45. The van der Waals surface area contributed by atoms with Gasteiger partial charge in [0.05, 0.1) is 10.6 Å². The Labute approximate surface area is 163 Å². The number of sulfonamides is 1. The van der Waals surface area contributed by atoms with Gasteiger partial charge in [0.1, 0.15) is 0 Å². The molecular weight excluding hydrogens is 382 g/mol. The highest BCUT2D eigenvalue weighted by molar-refractivity contribution is 7.93. The van der Waals surface area contributed by atoms with E-state index in [0.717, 1.165) is 4.31 Å². The Hall–Kier alpha value is -2.89. The lowest BCUT2D eigenvalue weighted by molar-refractivity contribution is -0.113. The average molecular weight is 398 g/mol. The Balaban J connectivity index is 2.02. The fourth-order valence-corrected chi connectivity index (χ4v) is 4.10. The molecule has 27 heavy (non-hydrogen) atoms. The summed E-state index contributed by atoms with van der Waals surface area (Å²) in [5.74, 6) is -0.676. The van der Waals surface area contributed by atoms with Gasteiger partial charge in [0, 0.05) is 11.1 Å². The lowest BCUT2D eigenvalue weighted by Gasteiger charge is -2.21. The quantitative estimate of drug-likeness (QED) is 0.582. The fraction of sp³-hybridized carbons (Fsp3) is 0. The van der Waals surface area contributed by atoms with Crippen molar-refractivity contribution in [1.82, 2.24) is 0 Å². The molecule has 0 saturated heterocycles. The van der Waals surface area contributed by atoms with Crippen molar-refractivity contribution >= 4 is 39.3 Å². The van der Waals surface area contributed by atoms with Crippen LogP contribution in [0, 0.1) is 0 Å². The van der Waals surface area contributed by atoms with Crippen LogP contribution in [-0.2, 0) is 14.8 Å². The summed E-state index contributed by atoms with van der Waals surface area (Å²) >= 11 is 5.95. The van der Waals surface area contributed by atoms with Crippen molar-refractivity contribution < 1.29 is 13.2 Å². The van der Waals surface area contributed by atoms with Gasteiger partial charge in [-0.25, -0.2) is 8.42 Å². The van der Waals surface area contributed by atoms with Crippen LogP contribution in [0.15, 0.2) is 95.9 Å². The van der Waals surface area contributed by atoms with E-state index < -0.39 is 15.9 Å². The molecule has 0 radical (unpaired) electrons. The molecule has 0 atom stereocenters. The largest absolute Gasteiger partial charge is 0.271 e. The first-order valence-corrected chi connectivity index (χ1v) is 9.93. The van der Waals surface area contributed by atoms with E-state index >= 15 is 0 Å². The van der Waals surface area contributed by atoms with Gasteiger partial charge in [-0.2, -0.15) is 4.31 Å². The molecule has 136 valence electrons. The van der Waals surface area contributed by atoms with Crippen molar-refractivity contribution in [3.63, 3.8) is 0 Å². The summed E-state index contributed by atoms with van der Waals surface area (Å²) in [7, 11) is -4.06. The number of para-hydroxylation sites is 1. The van der Waals surface area contributed by atoms with Crippen molar-refractivity contribution in [1.29, 1.82) is 0 Å². The molecular formula is C21H16ClNO3S. The predicted octanol–water partition coefficient (Wildman–Crippen LogP) is 4.78. The van der Waals surface area contributed by atoms with Crippen LogP contribution in [0.1, 0.15) is 5.56 Å². The maximum absolute atomic E-state index is 13.1. The summed E-state index contributed by atoms with van der Waals surface area (Å²) < 4.78 is 27.0. The van der Waals surface area contributed by atoms with Crippen molar-refractivity contribution in [3.8, 4) is 0 Å². The van der Waals surface area contributed by atoms with Crippen molar-refractivity contribution in [3.05, 3.63) is 102 Å². The van der Waals surface area contributed by atoms with E-state index in [1.54, 1.807) is 72.8 Å². The van der Waals surface area contributed by atoms with Crippen molar-refractivity contribution in [2.45, 2.75) is 4.90 Å². The third-order valence-corrected chi connectivity index (χ3v) is 5.71. The van der Waals surface area contributed by atoms with E-state index in [9.17, 15) is 13.2 Å². The first kappa shape index (κ1) is 18.9. The molecule has 0 aliphatic heterocycles. The number of halogens is 1. The first-order valence-electron chi connectivity index (χ1n) is 8.11. The van der Waals surface area contributed by atoms with E-state index in [4.69, 9.17) is 11.6 Å². The second-order valence-electron chi connectivity index (χ2n) is 5.64. The Morgan fingerprint density at radius 3 is 2.11 bits per heavy atom. The van der Waals surface area contributed by atoms with Gasteiger partial charge >= 0.3 is 0 Å². The summed E-state index contributed by atoms with van der Waals surface area (Å²) in [4.78, 5) is 12.9. The van der Waals surface area contributed by atoms with Crippen LogP contribution < -0.4 is 4.31 Å². The summed E-state index contributed by atoms with van der Waals surface area (Å²) in [5.41, 5.74) is 0.961. The zero-order chi connectivity index (χ0) is 19.3. The zero-order valence-electron chi connectivity index (χ0n) is 14.2. The average Bonchev–Trinajstić information content (AvgIpc) is 2.68. The molecule has 0 aliphatic rings. The second-order valence-corrected chi connectivity index (χ2v) is 7.87. The normalized spacial score (nSPS) is 11.4. The zero-order valence-corrected chi connectivity index (χ0v) is 15.8. The van der Waals surface area contributed by atoms with E-state index in [-0.39, 0.29) is 10.6 Å². The van der Waals surface area contributed by atoms with Gasteiger partial charge in [-0.15, -0.1) is 0 Å². The van der Waals surface area contributed by atoms with Gasteiger partial charge in [0.15, 0.2) is 0 Å². The van der Waals surface area contributed by atoms with Crippen LogP contribution in [-0.4, -0.2) is 14.3 Å². The molecule has 0 bridgehead atoms. The lowest BCUT2D eigenvalue weighted by atomic mass is 10.2. The maximum atomic E-state index is 13.1. The van der Waals surface area contributed by atoms with E-state index in [1.807, 2.05) is 0 Å². The van der Waals surface area contributed by atoms with Crippen LogP contribution in [0.2, 0.25) is 5.02 Å². The van der Waals surface area contributed by atoms with Crippen LogP contribution in [0.4, 0.5) is 5.69 Å². The molecule has 3 aromatic rings. The van der Waals surface area contributed by atoms with Gasteiger partial charge < -0.3 is 0 Å². The van der Waals surface area contributed by atoms with Crippen LogP contribution >= 0.6 is 11.6 Å². The highest BCUT2D eigenvalue weighted by atomic mass is 35.5. The lowest BCUT2D eigenvalue weighted by Crippen LogP contribution is -2.35. The standard InChI is InChI=1S/C21H16ClNO3S/c22-18-9-7-8-17(16-18)14-15-21(24)23(19-10-3-1-4-11-19)27(25,26)20-12-5-2-6-13-20/h1-16H/b15-14+. The molecule has 0 heterocycles. The minimum Gasteiger partial charge on any atom is -0.268 e. The summed E-state index contributed by atoms with van der Waals surface area (Å²) in [6.07, 6.45) is 2.75. The minimum atomic E-state index is -4.06. The molecule has 4 nitrogen and oxygen atoms in total. The Morgan fingerprint density at radius 1 is 0.852 bits per heavy atom. The molecule has 0 saturated carbocycles. The second kappa shape index (κ2) is 8.20. The molecule has 3 aromatic carbocycles. The van der Waals surface area contributed by atoms with Crippen LogP contribution in [0.3, 0.4) is 0 Å². The Morgan fingerprint density at radius 2 is 1.48 bits per heavy atom. The van der Waals surface area contributed by atoms with Crippen LogP contribution in [0.5, 0.6) is 0 Å². The number of hydrogen-bond donors (Lipinski definition) is 0. The topological polar surface area (TPSA) is 54.5 Å². The van der Waals surface area contributed by atoms with Crippen molar-refractivity contribution in [2.24, 2.45) is 0 Å². The Bertz CT molecular complexity index is 1060. The molecule has 0 fully saturated rings. The molecule has 0 aromatic heterocycles. The first-order chi connectivity index (χ1) is 13.0. The number of rotatable bonds is 5. The van der Waals surface area contributed by atoms with Crippen LogP contribution in [0.25, 0.3) is 6.08 Å². The number of carbonyl (C=O) groups is 1. The smallest absolute Gasteiger partial charge is 0.268 e. The number of carbonyl (C=O) groups excluding carboxylic acids is 1. The number of benzene rings is 3. The summed E-state index contributed by atoms with van der Waals surface area (Å²) in [6.45, 7) is 0. The number of anilines is 1. The number of hydrogen-bond acceptors (Lipinski definition) is 3. The molecule has 0 aliphatic carbocycles. The van der Waals surface area contributed by atoms with E-state index in [2.05, 4.69) is 0 Å². The SMILES string of the molecule is O=C(/C=C/c1cccc(Cl)c1)N(c1ccccc1)S(=O)(=O)c1ccccc1. The maximum Gasteiger partial charge on any atom is 0.271 e. The molecule has 0 spiro atoms. The highest BCUT2D eigenvalue weighted by Gasteiger charge is 2.29. The summed E-state index contributed by atoms with van der Waals surface area (Å²) in [5, 5.41) is 0.529. The van der Waals surface area contributed by atoms with Gasteiger partial charge in [-0.3, -0.25) is 4.79 Å². The molecule has 0 unspecified atom stereocenters. The molecule has 6 heteroatoms. The molecule has 0 N–H and O–H groups in total. The van der Waals surface area contributed by atoms with Gasteiger partial charge in [0.25, 0.3) is 15.9 Å². The number of amides is 1. The van der Waals surface area contributed by atoms with Gasteiger partial charge in [0.2, 0.25) is 0 Å². The minimum absolute atomic E-state index is 0.0401. The van der Waals surface area contributed by atoms with Crippen molar-refractivity contribution in [2.75, 3.05) is 4.31 Å². The van der Waals surface area contributed by atoms with Gasteiger partial charge in [-0.05, 0) is 48.0 Å². The fourth-order valence-electron chi connectivity index (χ4n) is 2.49. The number of nitrogens with zero attached hydrogens (tertiary/aromatic N) is 1. The van der Waals surface area contributed by atoms with E-state index in [0.29, 0.717) is 10.6 Å². The Kier molecular flexibility index (Phi) is 5.74. The highest BCUT2D eigenvalue weighted by Crippen LogP contribution is 2.24. The predicted molar refractivity (Wildman–Crippen MR) is 108 cm³/mol. The molecule has 3 rings (SSSR count). The third-order valence-electron chi connectivity index (χ3n) is 3.74. The van der Waals surface area contributed by atoms with E-state index in [1.165, 1.54) is 24.3 Å². The van der Waals surface area contributed by atoms with Gasteiger partial charge in [-0.1, -0.05) is 60.1 Å². The monoisotopic (exact) mass is 397 g/mol.